The first-order valence-corrected chi connectivity index (χ1v) is 6.05. The number of rotatable bonds is 2. The highest BCUT2D eigenvalue weighted by Crippen LogP contribution is 2.64. The van der Waals surface area contributed by atoms with Gasteiger partial charge in [-0.3, -0.25) is 4.79 Å². The topological polar surface area (TPSA) is 37.3 Å². The van der Waals surface area contributed by atoms with E-state index in [0.717, 1.165) is 19.3 Å². The molecule has 4 rings (SSSR count). The predicted molar refractivity (Wildman–Crippen MR) is 61.3 cm³/mol. The molecule has 0 aliphatic heterocycles. The van der Waals surface area contributed by atoms with Crippen molar-refractivity contribution in [3.63, 3.8) is 0 Å². The largest absolute Gasteiger partial charge is 0.481 e. The maximum Gasteiger partial charge on any atom is 0.307 e. The molecule has 2 nitrogen and oxygen atoms in total. The summed E-state index contributed by atoms with van der Waals surface area (Å²) in [4.78, 5) is 11.3. The number of carboxylic acids is 1. The summed E-state index contributed by atoms with van der Waals surface area (Å²) in [5.74, 6) is -1.09. The summed E-state index contributed by atoms with van der Waals surface area (Å²) in [6.07, 6.45) is 2.57. The molecule has 17 heavy (non-hydrogen) atoms. The predicted octanol–water partition coefficient (Wildman–Crippen LogP) is 2.89. The van der Waals surface area contributed by atoms with Gasteiger partial charge in [-0.05, 0) is 43.2 Å². The van der Waals surface area contributed by atoms with E-state index < -0.39 is 11.4 Å². The molecule has 0 spiro atoms. The Bertz CT molecular complexity index is 493. The number of carboxylic acid groups (broad SMARTS) is 1. The van der Waals surface area contributed by atoms with Crippen molar-refractivity contribution >= 4 is 5.97 Å². The van der Waals surface area contributed by atoms with Crippen molar-refractivity contribution in [3.8, 4) is 0 Å². The number of halogens is 1. The van der Waals surface area contributed by atoms with Crippen molar-refractivity contribution < 1.29 is 14.3 Å². The standard InChI is InChI=1S/C14H15FO2/c1-8-3-2-4-10(12(8)15)14-6-5-9(7-14)11(14)13(16)17/h2-4,9,11H,5-7H2,1H3,(H,16,17). The van der Waals surface area contributed by atoms with Crippen molar-refractivity contribution in [3.05, 3.63) is 35.1 Å². The first-order chi connectivity index (χ1) is 8.06. The zero-order valence-corrected chi connectivity index (χ0v) is 9.74. The van der Waals surface area contributed by atoms with Gasteiger partial charge >= 0.3 is 5.97 Å². The third kappa shape index (κ3) is 1.22. The van der Waals surface area contributed by atoms with E-state index >= 15 is 0 Å². The summed E-state index contributed by atoms with van der Waals surface area (Å²) in [6.45, 7) is 1.73. The van der Waals surface area contributed by atoms with Crippen LogP contribution in [0.4, 0.5) is 4.39 Å². The summed E-state index contributed by atoms with van der Waals surface area (Å²) < 4.78 is 14.2. The first kappa shape index (κ1) is 10.8. The van der Waals surface area contributed by atoms with Gasteiger partial charge in [-0.25, -0.2) is 4.39 Å². The van der Waals surface area contributed by atoms with Gasteiger partial charge in [-0.1, -0.05) is 18.2 Å². The lowest BCUT2D eigenvalue weighted by Crippen LogP contribution is -2.49. The molecule has 90 valence electrons. The second-order valence-corrected chi connectivity index (χ2v) is 5.41. The zero-order chi connectivity index (χ0) is 12.2. The van der Waals surface area contributed by atoms with Gasteiger partial charge in [0.1, 0.15) is 5.82 Å². The van der Waals surface area contributed by atoms with Crippen molar-refractivity contribution in [2.24, 2.45) is 11.8 Å². The number of hydrogen-bond acceptors (Lipinski definition) is 1. The van der Waals surface area contributed by atoms with E-state index in [2.05, 4.69) is 0 Å². The van der Waals surface area contributed by atoms with Crippen molar-refractivity contribution in [2.45, 2.75) is 31.6 Å². The van der Waals surface area contributed by atoms with Crippen LogP contribution >= 0.6 is 0 Å². The quantitative estimate of drug-likeness (QED) is 0.854. The minimum Gasteiger partial charge on any atom is -0.481 e. The number of aliphatic carboxylic acids is 1. The van der Waals surface area contributed by atoms with Crippen LogP contribution in [0, 0.1) is 24.6 Å². The fraction of sp³-hybridized carbons (Fsp3) is 0.500. The van der Waals surface area contributed by atoms with E-state index in [1.807, 2.05) is 6.07 Å². The van der Waals surface area contributed by atoms with Crippen LogP contribution in [0.1, 0.15) is 30.4 Å². The molecule has 3 heteroatoms. The number of aryl methyl sites for hydroxylation is 1. The Morgan fingerprint density at radius 3 is 2.94 bits per heavy atom. The Morgan fingerprint density at radius 2 is 2.29 bits per heavy atom. The first-order valence-electron chi connectivity index (χ1n) is 6.05. The van der Waals surface area contributed by atoms with E-state index in [1.165, 1.54) is 0 Å². The lowest BCUT2D eigenvalue weighted by molar-refractivity contribution is -0.150. The Balaban J connectivity index is 2.10. The second-order valence-electron chi connectivity index (χ2n) is 5.41. The summed E-state index contributed by atoms with van der Waals surface area (Å²) in [6, 6.07) is 5.32. The molecule has 0 aromatic heterocycles. The van der Waals surface area contributed by atoms with Crippen LogP contribution < -0.4 is 0 Å². The van der Waals surface area contributed by atoms with E-state index in [1.54, 1.807) is 19.1 Å². The van der Waals surface area contributed by atoms with Crippen LogP contribution in [-0.2, 0) is 10.2 Å². The van der Waals surface area contributed by atoms with Gasteiger partial charge in [-0.15, -0.1) is 0 Å². The van der Waals surface area contributed by atoms with Gasteiger partial charge in [-0.2, -0.15) is 0 Å². The van der Waals surface area contributed by atoms with E-state index in [4.69, 9.17) is 0 Å². The maximum absolute atomic E-state index is 14.2. The molecule has 0 saturated heterocycles. The van der Waals surface area contributed by atoms with E-state index in [9.17, 15) is 14.3 Å². The monoisotopic (exact) mass is 234 g/mol. The molecule has 0 amide bonds. The van der Waals surface area contributed by atoms with Crippen molar-refractivity contribution in [2.75, 3.05) is 0 Å². The average Bonchev–Trinajstić information content (AvgIpc) is 2.80. The molecule has 1 aromatic rings. The van der Waals surface area contributed by atoms with Gasteiger partial charge < -0.3 is 5.11 Å². The summed E-state index contributed by atoms with van der Waals surface area (Å²) in [5, 5.41) is 9.28. The molecule has 2 bridgehead atoms. The molecule has 1 N–H and O–H groups in total. The molecule has 3 aliphatic rings. The Morgan fingerprint density at radius 1 is 1.53 bits per heavy atom. The van der Waals surface area contributed by atoms with Crippen molar-refractivity contribution in [1.29, 1.82) is 0 Å². The normalized spacial score (nSPS) is 34.5. The summed E-state index contributed by atoms with van der Waals surface area (Å²) in [7, 11) is 0. The molecule has 3 saturated carbocycles. The van der Waals surface area contributed by atoms with Crippen LogP contribution in [0.3, 0.4) is 0 Å². The van der Waals surface area contributed by atoms with Crippen LogP contribution in [0.5, 0.6) is 0 Å². The van der Waals surface area contributed by atoms with Crippen LogP contribution in [-0.4, -0.2) is 11.1 Å². The van der Waals surface area contributed by atoms with Crippen molar-refractivity contribution in [1.82, 2.24) is 0 Å². The minimum absolute atomic E-state index is 0.209. The molecule has 3 aliphatic carbocycles. The fourth-order valence-corrected chi connectivity index (χ4v) is 3.85. The van der Waals surface area contributed by atoms with Gasteiger partial charge in [0.05, 0.1) is 5.92 Å². The lowest BCUT2D eigenvalue weighted by atomic mass is 9.57. The number of fused-ring (bicyclic) bond motifs is 1. The average molecular weight is 234 g/mol. The van der Waals surface area contributed by atoms with Gasteiger partial charge in [0.2, 0.25) is 0 Å². The maximum atomic E-state index is 14.2. The Kier molecular flexibility index (Phi) is 2.09. The van der Waals surface area contributed by atoms with E-state index in [0.29, 0.717) is 11.1 Å². The van der Waals surface area contributed by atoms with Gasteiger partial charge in [0, 0.05) is 5.41 Å². The summed E-state index contributed by atoms with van der Waals surface area (Å²) in [5.41, 5.74) is 0.807. The third-order valence-corrected chi connectivity index (χ3v) is 4.65. The van der Waals surface area contributed by atoms with E-state index in [-0.39, 0.29) is 17.7 Å². The van der Waals surface area contributed by atoms with Gasteiger partial charge in [0.25, 0.3) is 0 Å². The number of carbonyl (C=O) groups is 1. The molecule has 0 heterocycles. The Labute approximate surface area is 99.5 Å². The highest BCUT2D eigenvalue weighted by molar-refractivity contribution is 5.75. The smallest absolute Gasteiger partial charge is 0.307 e. The second kappa shape index (κ2) is 3.31. The molecular formula is C14H15FO2. The molecule has 3 unspecified atom stereocenters. The molecule has 1 aromatic carbocycles. The fourth-order valence-electron chi connectivity index (χ4n) is 3.85. The molecule has 3 atom stereocenters. The number of benzene rings is 1. The Hall–Kier alpha value is -1.38. The molecular weight excluding hydrogens is 219 g/mol. The highest BCUT2D eigenvalue weighted by atomic mass is 19.1. The molecule has 3 fully saturated rings. The molecule has 0 radical (unpaired) electrons. The third-order valence-electron chi connectivity index (χ3n) is 4.65. The van der Waals surface area contributed by atoms with Gasteiger partial charge in [0.15, 0.2) is 0 Å². The summed E-state index contributed by atoms with van der Waals surface area (Å²) >= 11 is 0. The SMILES string of the molecule is Cc1cccc(C23CCC(C2)C3C(=O)O)c1F. The van der Waals surface area contributed by atoms with Crippen LogP contribution in [0.2, 0.25) is 0 Å². The minimum atomic E-state index is -0.764. The number of hydrogen-bond donors (Lipinski definition) is 1. The zero-order valence-electron chi connectivity index (χ0n) is 9.74. The highest BCUT2D eigenvalue weighted by Gasteiger charge is 2.63. The van der Waals surface area contributed by atoms with Crippen LogP contribution in [0.15, 0.2) is 18.2 Å². The van der Waals surface area contributed by atoms with Crippen LogP contribution in [0.25, 0.3) is 0 Å². The lowest BCUT2D eigenvalue weighted by Gasteiger charge is -2.45.